The molecule has 1 heterocycles. The van der Waals surface area contributed by atoms with E-state index >= 15 is 0 Å². The highest BCUT2D eigenvalue weighted by Gasteiger charge is 2.46. The molecule has 0 aliphatic carbocycles. The highest BCUT2D eigenvalue weighted by molar-refractivity contribution is 5.83. The maximum atomic E-state index is 11.4. The van der Waals surface area contributed by atoms with E-state index in [0.717, 1.165) is 0 Å². The van der Waals surface area contributed by atoms with Gasteiger partial charge in [0.15, 0.2) is 23.0 Å². The molecule has 34 heavy (non-hydrogen) atoms. The van der Waals surface area contributed by atoms with Crippen LogP contribution in [-0.4, -0.2) is 82.6 Å². The molecule has 0 spiro atoms. The van der Waals surface area contributed by atoms with Gasteiger partial charge in [0, 0.05) is 22.6 Å². The first-order valence-corrected chi connectivity index (χ1v) is 9.98. The molecule has 0 bridgehead atoms. The topological polar surface area (TPSA) is 232 Å². The van der Waals surface area contributed by atoms with Crippen molar-refractivity contribution in [3.8, 4) is 46.0 Å². The Bertz CT molecular complexity index is 1160. The van der Waals surface area contributed by atoms with Crippen molar-refractivity contribution in [1.82, 2.24) is 4.90 Å². The zero-order valence-electron chi connectivity index (χ0n) is 18.1. The first kappa shape index (κ1) is 24.8. The number of aliphatic hydroxyl groups is 2. The second kappa shape index (κ2) is 8.52. The molecule has 1 aliphatic heterocycles. The van der Waals surface area contributed by atoms with Gasteiger partial charge in [0.2, 0.25) is 17.2 Å². The molecular formula is C21H25NO12. The third kappa shape index (κ3) is 3.69. The molecule has 2 aromatic rings. The smallest absolute Gasteiger partial charge is 0.369 e. The molecule has 0 aromatic heterocycles. The number of hydrogen-bond acceptors (Lipinski definition) is 12. The first-order valence-electron chi connectivity index (χ1n) is 9.98. The molecule has 1 atom stereocenters. The Morgan fingerprint density at radius 3 is 2.03 bits per heavy atom. The van der Waals surface area contributed by atoms with E-state index < -0.39 is 81.4 Å². The summed E-state index contributed by atoms with van der Waals surface area (Å²) < 4.78 is 5.43. The number of carbonyl (C=O) groups is 1. The van der Waals surface area contributed by atoms with Crippen LogP contribution in [0.3, 0.4) is 0 Å². The molecule has 0 amide bonds. The van der Waals surface area contributed by atoms with E-state index in [-0.39, 0.29) is 17.5 Å². The van der Waals surface area contributed by atoms with Crippen molar-refractivity contribution >= 4 is 5.97 Å². The summed E-state index contributed by atoms with van der Waals surface area (Å²) in [7, 11) is 3.53. The van der Waals surface area contributed by atoms with Crippen LogP contribution in [0.25, 0.3) is 0 Å². The van der Waals surface area contributed by atoms with Crippen molar-refractivity contribution in [1.29, 1.82) is 0 Å². The van der Waals surface area contributed by atoms with Crippen LogP contribution in [0.4, 0.5) is 0 Å². The van der Waals surface area contributed by atoms with Gasteiger partial charge in [-0.3, -0.25) is 0 Å². The molecular weight excluding hydrogens is 458 g/mol. The van der Waals surface area contributed by atoms with Crippen molar-refractivity contribution in [2.75, 3.05) is 20.6 Å². The molecule has 186 valence electrons. The standard InChI is InChI=1S/C21H25NO12/c1-22(2)5-3-4-7-9-8(12(23)16(27)17(28)14(9)25)6-34-19-10(7)13(24)11(15(26)18(19)29)21(32,33)20(30)31/h7,23-29,32-33H,3-6H2,1-2H3,(H,30,31). The number of benzene rings is 2. The molecule has 13 nitrogen and oxygen atoms in total. The monoisotopic (exact) mass is 483 g/mol. The number of aromatic hydroxyl groups is 7. The molecule has 13 heteroatoms. The quantitative estimate of drug-likeness (QED) is 0.151. The van der Waals surface area contributed by atoms with Gasteiger partial charge in [0.05, 0.1) is 0 Å². The predicted octanol–water partition coefficient (Wildman–Crippen LogP) is 0.214. The second-order valence-corrected chi connectivity index (χ2v) is 8.21. The summed E-state index contributed by atoms with van der Waals surface area (Å²) in [5, 5.41) is 102. The number of fused-ring (bicyclic) bond motifs is 2. The number of phenolic OH excluding ortho intramolecular Hbond substituents is 7. The van der Waals surface area contributed by atoms with Gasteiger partial charge in [-0.05, 0) is 33.5 Å². The number of aliphatic carboxylic acids is 1. The van der Waals surface area contributed by atoms with Crippen molar-refractivity contribution in [2.24, 2.45) is 0 Å². The van der Waals surface area contributed by atoms with E-state index in [2.05, 4.69) is 0 Å². The SMILES string of the molecule is CN(C)CCCC1c2c(O)c(O)c(O)c(O)c2COc2c(O)c(O)c(C(O)(O)C(=O)O)c(O)c21. The lowest BCUT2D eigenvalue weighted by molar-refractivity contribution is -0.208. The van der Waals surface area contributed by atoms with Crippen LogP contribution < -0.4 is 4.74 Å². The van der Waals surface area contributed by atoms with E-state index in [4.69, 9.17) is 4.74 Å². The highest BCUT2D eigenvalue weighted by atomic mass is 16.5. The van der Waals surface area contributed by atoms with Gasteiger partial charge in [-0.2, -0.15) is 0 Å². The molecule has 2 aromatic carbocycles. The molecule has 3 rings (SSSR count). The summed E-state index contributed by atoms with van der Waals surface area (Å²) in [5.74, 6) is -15.5. The lowest BCUT2D eigenvalue weighted by Gasteiger charge is -2.27. The lowest BCUT2D eigenvalue weighted by atomic mass is 9.81. The zero-order valence-corrected chi connectivity index (χ0v) is 18.1. The summed E-state index contributed by atoms with van der Waals surface area (Å²) in [6.45, 7) is -0.163. The van der Waals surface area contributed by atoms with E-state index in [1.54, 1.807) is 19.0 Å². The number of carboxylic acid groups (broad SMARTS) is 1. The third-order valence-electron chi connectivity index (χ3n) is 5.75. The van der Waals surface area contributed by atoms with Gasteiger partial charge in [-0.15, -0.1) is 0 Å². The minimum atomic E-state index is -3.84. The Kier molecular flexibility index (Phi) is 6.22. The number of carboxylic acids is 1. The molecule has 0 radical (unpaired) electrons. The molecule has 0 saturated heterocycles. The fourth-order valence-electron chi connectivity index (χ4n) is 4.09. The second-order valence-electron chi connectivity index (χ2n) is 8.21. The van der Waals surface area contributed by atoms with Crippen molar-refractivity contribution < 1.29 is 60.6 Å². The zero-order chi connectivity index (χ0) is 25.7. The normalized spacial score (nSPS) is 15.4. The average molecular weight is 483 g/mol. The van der Waals surface area contributed by atoms with Crippen LogP contribution in [0.1, 0.15) is 41.0 Å². The minimum absolute atomic E-state index is 0.0207. The maximum Gasteiger partial charge on any atom is 0.369 e. The van der Waals surface area contributed by atoms with E-state index in [1.165, 1.54) is 0 Å². The molecule has 1 aliphatic rings. The van der Waals surface area contributed by atoms with E-state index in [9.17, 15) is 55.9 Å². The van der Waals surface area contributed by atoms with E-state index in [0.29, 0.717) is 13.0 Å². The number of ether oxygens (including phenoxy) is 1. The lowest BCUT2D eigenvalue weighted by Crippen LogP contribution is -2.35. The first-order chi connectivity index (χ1) is 15.7. The fourth-order valence-corrected chi connectivity index (χ4v) is 4.09. The maximum absolute atomic E-state index is 11.4. The van der Waals surface area contributed by atoms with Gasteiger partial charge in [-0.25, -0.2) is 4.79 Å². The largest absolute Gasteiger partial charge is 0.507 e. The predicted molar refractivity (Wildman–Crippen MR) is 112 cm³/mol. The summed E-state index contributed by atoms with van der Waals surface area (Å²) >= 11 is 0. The molecule has 0 fully saturated rings. The number of nitrogens with zero attached hydrogens (tertiary/aromatic N) is 1. The van der Waals surface area contributed by atoms with Crippen LogP contribution in [0.15, 0.2) is 0 Å². The van der Waals surface area contributed by atoms with Crippen molar-refractivity contribution in [3.63, 3.8) is 0 Å². The van der Waals surface area contributed by atoms with Crippen LogP contribution in [0, 0.1) is 0 Å². The molecule has 1 unspecified atom stereocenters. The summed E-state index contributed by atoms with van der Waals surface area (Å²) in [6.07, 6.45) is 0.365. The van der Waals surface area contributed by atoms with Crippen LogP contribution in [0.5, 0.6) is 46.0 Å². The Morgan fingerprint density at radius 1 is 0.882 bits per heavy atom. The summed E-state index contributed by atoms with van der Waals surface area (Å²) in [4.78, 5) is 13.2. The van der Waals surface area contributed by atoms with Crippen molar-refractivity contribution in [2.45, 2.75) is 31.2 Å². The minimum Gasteiger partial charge on any atom is -0.507 e. The van der Waals surface area contributed by atoms with Crippen LogP contribution in [-0.2, 0) is 17.2 Å². The Hall–Kier alpha value is -3.81. The van der Waals surface area contributed by atoms with Crippen molar-refractivity contribution in [3.05, 3.63) is 22.3 Å². The van der Waals surface area contributed by atoms with Gasteiger partial charge in [0.25, 0.3) is 5.79 Å². The number of hydrogen-bond donors (Lipinski definition) is 10. The molecule has 10 N–H and O–H groups in total. The summed E-state index contributed by atoms with van der Waals surface area (Å²) in [5.41, 5.74) is -2.26. The Balaban J connectivity index is 2.41. The third-order valence-corrected chi connectivity index (χ3v) is 5.75. The number of phenols is 7. The van der Waals surface area contributed by atoms with Gasteiger partial charge >= 0.3 is 5.97 Å². The fraction of sp³-hybridized carbons (Fsp3) is 0.381. The van der Waals surface area contributed by atoms with Gasteiger partial charge in [-0.1, -0.05) is 0 Å². The average Bonchev–Trinajstić information content (AvgIpc) is 2.92. The van der Waals surface area contributed by atoms with Crippen LogP contribution >= 0.6 is 0 Å². The Labute approximate surface area is 192 Å². The summed E-state index contributed by atoms with van der Waals surface area (Å²) in [6, 6.07) is 0. The van der Waals surface area contributed by atoms with Crippen LogP contribution in [0.2, 0.25) is 0 Å². The van der Waals surface area contributed by atoms with Gasteiger partial charge < -0.3 is 60.7 Å². The highest BCUT2D eigenvalue weighted by Crippen LogP contribution is 2.60. The number of rotatable bonds is 6. The van der Waals surface area contributed by atoms with E-state index in [1.807, 2.05) is 0 Å². The van der Waals surface area contributed by atoms with Gasteiger partial charge in [0.1, 0.15) is 17.9 Å². The Morgan fingerprint density at radius 2 is 1.47 bits per heavy atom. The molecule has 0 saturated carbocycles.